The molecule has 0 aromatic carbocycles. The number of likely N-dealkylation sites (N-methyl/N-ethyl adjacent to an activating group) is 2. The molecule has 4 nitrogen and oxygen atoms in total. The van der Waals surface area contributed by atoms with Crippen molar-refractivity contribution in [2.24, 2.45) is 11.1 Å². The monoisotopic (exact) mass is 229 g/mol. The number of hydrogen-bond donors (Lipinski definition) is 2. The summed E-state index contributed by atoms with van der Waals surface area (Å²) >= 11 is 0. The number of nitrogens with two attached hydrogens (primary N) is 1. The third kappa shape index (κ3) is 7.65. The molecular formula is C12H27N3O. The van der Waals surface area contributed by atoms with Crippen molar-refractivity contribution in [3.63, 3.8) is 0 Å². The Morgan fingerprint density at radius 3 is 2.44 bits per heavy atom. The summed E-state index contributed by atoms with van der Waals surface area (Å²) in [6.45, 7) is 7.97. The topological polar surface area (TPSA) is 58.4 Å². The van der Waals surface area contributed by atoms with Gasteiger partial charge in [-0.05, 0) is 18.9 Å². The third-order valence-corrected chi connectivity index (χ3v) is 2.43. The largest absolute Gasteiger partial charge is 0.344 e. The van der Waals surface area contributed by atoms with Crippen molar-refractivity contribution in [3.8, 4) is 0 Å². The van der Waals surface area contributed by atoms with Crippen LogP contribution in [-0.2, 0) is 4.79 Å². The molecule has 0 aliphatic rings. The lowest BCUT2D eigenvalue weighted by Crippen LogP contribution is -2.37. The van der Waals surface area contributed by atoms with Crippen LogP contribution >= 0.6 is 0 Å². The Balaban J connectivity index is 3.94. The van der Waals surface area contributed by atoms with Crippen LogP contribution in [-0.4, -0.2) is 44.0 Å². The molecule has 0 aromatic heterocycles. The van der Waals surface area contributed by atoms with Crippen molar-refractivity contribution < 1.29 is 4.79 Å². The molecule has 0 saturated carbocycles. The molecule has 1 unspecified atom stereocenters. The first-order valence-corrected chi connectivity index (χ1v) is 5.90. The van der Waals surface area contributed by atoms with Gasteiger partial charge in [0.05, 0.1) is 0 Å². The van der Waals surface area contributed by atoms with Gasteiger partial charge in [0.1, 0.15) is 0 Å². The maximum absolute atomic E-state index is 11.8. The van der Waals surface area contributed by atoms with Gasteiger partial charge in [-0.1, -0.05) is 20.8 Å². The minimum atomic E-state index is -0.0375. The Labute approximate surface area is 99.6 Å². The highest BCUT2D eigenvalue weighted by atomic mass is 16.2. The minimum Gasteiger partial charge on any atom is -0.344 e. The predicted molar refractivity (Wildman–Crippen MR) is 68.2 cm³/mol. The van der Waals surface area contributed by atoms with Gasteiger partial charge < -0.3 is 16.0 Å². The number of amides is 1. The van der Waals surface area contributed by atoms with Gasteiger partial charge in [0.25, 0.3) is 0 Å². The summed E-state index contributed by atoms with van der Waals surface area (Å²) in [5.74, 6) is 0.131. The molecule has 0 rings (SSSR count). The van der Waals surface area contributed by atoms with Crippen molar-refractivity contribution in [1.82, 2.24) is 10.2 Å². The summed E-state index contributed by atoms with van der Waals surface area (Å²) < 4.78 is 0. The fourth-order valence-electron chi connectivity index (χ4n) is 1.64. The quantitative estimate of drug-likeness (QED) is 0.709. The van der Waals surface area contributed by atoms with Crippen molar-refractivity contribution in [1.29, 1.82) is 0 Å². The molecule has 16 heavy (non-hydrogen) atoms. The zero-order valence-corrected chi connectivity index (χ0v) is 11.3. The number of carbonyl (C=O) groups excluding carboxylic acids is 1. The molecule has 0 fully saturated rings. The van der Waals surface area contributed by atoms with E-state index in [4.69, 9.17) is 5.73 Å². The van der Waals surface area contributed by atoms with Gasteiger partial charge in [-0.2, -0.15) is 0 Å². The second-order valence-corrected chi connectivity index (χ2v) is 5.65. The lowest BCUT2D eigenvalue weighted by molar-refractivity contribution is -0.130. The van der Waals surface area contributed by atoms with Crippen LogP contribution in [0, 0.1) is 5.41 Å². The first-order valence-electron chi connectivity index (χ1n) is 5.90. The highest BCUT2D eigenvalue weighted by Gasteiger charge is 2.19. The molecule has 0 saturated heterocycles. The lowest BCUT2D eigenvalue weighted by atomic mass is 9.87. The van der Waals surface area contributed by atoms with Crippen LogP contribution in [0.1, 0.15) is 33.6 Å². The van der Waals surface area contributed by atoms with E-state index >= 15 is 0 Å². The second-order valence-electron chi connectivity index (χ2n) is 5.65. The maximum atomic E-state index is 11.8. The molecule has 0 aliphatic carbocycles. The van der Waals surface area contributed by atoms with Crippen molar-refractivity contribution in [3.05, 3.63) is 0 Å². The summed E-state index contributed by atoms with van der Waals surface area (Å²) in [7, 11) is 3.70. The van der Waals surface area contributed by atoms with Gasteiger partial charge in [-0.15, -0.1) is 0 Å². The normalized spacial score (nSPS) is 13.6. The number of nitrogens with one attached hydrogen (secondary N) is 1. The summed E-state index contributed by atoms with van der Waals surface area (Å²) in [5.41, 5.74) is 6.15. The maximum Gasteiger partial charge on any atom is 0.223 e. The van der Waals surface area contributed by atoms with Crippen molar-refractivity contribution in [2.75, 3.05) is 27.2 Å². The van der Waals surface area contributed by atoms with Crippen LogP contribution in [0.25, 0.3) is 0 Å². The summed E-state index contributed by atoms with van der Waals surface area (Å²) in [5, 5.41) is 3.02. The van der Waals surface area contributed by atoms with Gasteiger partial charge in [-0.25, -0.2) is 0 Å². The molecule has 0 aromatic rings. The Kier molecular flexibility index (Phi) is 6.60. The molecular weight excluding hydrogens is 202 g/mol. The molecule has 0 radical (unpaired) electrons. The molecule has 1 amide bonds. The molecule has 96 valence electrons. The van der Waals surface area contributed by atoms with Crippen molar-refractivity contribution in [2.45, 2.75) is 39.7 Å². The molecule has 0 spiro atoms. The molecule has 0 bridgehead atoms. The van der Waals surface area contributed by atoms with E-state index in [9.17, 15) is 4.79 Å². The summed E-state index contributed by atoms with van der Waals surface area (Å²) in [4.78, 5) is 13.5. The van der Waals surface area contributed by atoms with E-state index in [0.717, 1.165) is 19.5 Å². The fraction of sp³-hybridized carbons (Fsp3) is 0.917. The minimum absolute atomic E-state index is 0.0375. The SMILES string of the molecule is CNCCN(C)C(=O)CC(N)CC(C)(C)C. The zero-order valence-electron chi connectivity index (χ0n) is 11.3. The van der Waals surface area contributed by atoms with Crippen LogP contribution < -0.4 is 11.1 Å². The lowest BCUT2D eigenvalue weighted by Gasteiger charge is -2.24. The second kappa shape index (κ2) is 6.86. The van der Waals surface area contributed by atoms with Crippen molar-refractivity contribution >= 4 is 5.91 Å². The average Bonchev–Trinajstić information content (AvgIpc) is 2.10. The molecule has 0 aliphatic heterocycles. The van der Waals surface area contributed by atoms with E-state index in [-0.39, 0.29) is 17.4 Å². The van der Waals surface area contributed by atoms with Crippen LogP contribution in [0.3, 0.4) is 0 Å². The van der Waals surface area contributed by atoms with Crippen LogP contribution in [0.4, 0.5) is 0 Å². The van der Waals surface area contributed by atoms with Gasteiger partial charge in [0.2, 0.25) is 5.91 Å². The van der Waals surface area contributed by atoms with Gasteiger partial charge in [0.15, 0.2) is 0 Å². The fourth-order valence-corrected chi connectivity index (χ4v) is 1.64. The van der Waals surface area contributed by atoms with Crippen LogP contribution in [0.2, 0.25) is 0 Å². The Hall–Kier alpha value is -0.610. The smallest absolute Gasteiger partial charge is 0.223 e. The Morgan fingerprint density at radius 2 is 2.00 bits per heavy atom. The molecule has 4 heteroatoms. The van der Waals surface area contributed by atoms with E-state index in [1.807, 2.05) is 14.1 Å². The zero-order chi connectivity index (χ0) is 12.8. The highest BCUT2D eigenvalue weighted by Crippen LogP contribution is 2.21. The predicted octanol–water partition coefficient (Wildman–Crippen LogP) is 0.818. The van der Waals surface area contributed by atoms with Crippen LogP contribution in [0.5, 0.6) is 0 Å². The van der Waals surface area contributed by atoms with E-state index < -0.39 is 0 Å². The molecule has 3 N–H and O–H groups in total. The number of hydrogen-bond acceptors (Lipinski definition) is 3. The number of nitrogens with zero attached hydrogens (tertiary/aromatic N) is 1. The standard InChI is InChI=1S/C12H27N3O/c1-12(2,3)9-10(13)8-11(16)15(5)7-6-14-4/h10,14H,6-9,13H2,1-5H3. The first kappa shape index (κ1) is 15.4. The first-order chi connectivity index (χ1) is 7.26. The number of rotatable bonds is 6. The van der Waals surface area contributed by atoms with E-state index in [2.05, 4.69) is 26.1 Å². The summed E-state index contributed by atoms with van der Waals surface area (Å²) in [6, 6.07) is -0.0375. The molecule has 1 atom stereocenters. The van der Waals surface area contributed by atoms with E-state index in [1.165, 1.54) is 0 Å². The number of carbonyl (C=O) groups is 1. The summed E-state index contributed by atoms with van der Waals surface area (Å²) in [6.07, 6.45) is 1.32. The third-order valence-electron chi connectivity index (χ3n) is 2.43. The van der Waals surface area contributed by atoms with E-state index in [1.54, 1.807) is 4.90 Å². The van der Waals surface area contributed by atoms with E-state index in [0.29, 0.717) is 6.42 Å². The van der Waals surface area contributed by atoms with Gasteiger partial charge in [0, 0.05) is 32.6 Å². The average molecular weight is 229 g/mol. The Morgan fingerprint density at radius 1 is 1.44 bits per heavy atom. The molecule has 0 heterocycles. The van der Waals surface area contributed by atoms with Gasteiger partial charge >= 0.3 is 0 Å². The van der Waals surface area contributed by atoms with Crippen LogP contribution in [0.15, 0.2) is 0 Å². The highest BCUT2D eigenvalue weighted by molar-refractivity contribution is 5.76. The van der Waals surface area contributed by atoms with Gasteiger partial charge in [-0.3, -0.25) is 4.79 Å². The Bertz CT molecular complexity index is 211.